The predicted molar refractivity (Wildman–Crippen MR) is 53.1 cm³/mol. The second kappa shape index (κ2) is 3.68. The molecule has 0 radical (unpaired) electrons. The Bertz CT molecular complexity index is 270. The average Bonchev–Trinajstić information content (AvgIpc) is 2.48. The van der Waals surface area contributed by atoms with Crippen LogP contribution in [-0.4, -0.2) is 22.9 Å². The number of nitrogens with one attached hydrogen (secondary N) is 1. The lowest BCUT2D eigenvalue weighted by Crippen LogP contribution is -2.27. The number of aromatic nitrogens is 2. The van der Waals surface area contributed by atoms with E-state index in [9.17, 15) is 0 Å². The molecular formula is C9H14ClN3. The number of nitrogens with zero attached hydrogens (tertiary/aromatic N) is 2. The highest BCUT2D eigenvalue weighted by atomic mass is 35.5. The zero-order valence-electron chi connectivity index (χ0n) is 7.76. The average molecular weight is 200 g/mol. The van der Waals surface area contributed by atoms with Crippen molar-refractivity contribution >= 4 is 11.6 Å². The van der Waals surface area contributed by atoms with Crippen LogP contribution in [-0.2, 0) is 7.05 Å². The lowest BCUT2D eigenvalue weighted by Gasteiger charge is -2.22. The van der Waals surface area contributed by atoms with Gasteiger partial charge in [0.05, 0.1) is 16.9 Å². The maximum Gasteiger partial charge on any atom is 0.0820 e. The molecule has 3 nitrogen and oxygen atoms in total. The monoisotopic (exact) mass is 199 g/mol. The van der Waals surface area contributed by atoms with Gasteiger partial charge >= 0.3 is 0 Å². The summed E-state index contributed by atoms with van der Waals surface area (Å²) in [5.41, 5.74) is 1.20. The topological polar surface area (TPSA) is 29.9 Å². The maximum atomic E-state index is 6.07. The van der Waals surface area contributed by atoms with Gasteiger partial charge in [-0.25, -0.2) is 0 Å². The first kappa shape index (κ1) is 9.03. The first-order valence-corrected chi connectivity index (χ1v) is 5.05. The zero-order valence-corrected chi connectivity index (χ0v) is 8.51. The van der Waals surface area contributed by atoms with Crippen molar-refractivity contribution in [3.05, 3.63) is 16.9 Å². The van der Waals surface area contributed by atoms with Crippen molar-refractivity contribution in [2.45, 2.75) is 18.8 Å². The highest BCUT2D eigenvalue weighted by Gasteiger charge is 2.20. The molecule has 1 aliphatic rings. The summed E-state index contributed by atoms with van der Waals surface area (Å²) in [5.74, 6) is 0.584. The fourth-order valence-electron chi connectivity index (χ4n) is 1.97. The second-order valence-corrected chi connectivity index (χ2v) is 3.93. The van der Waals surface area contributed by atoms with Crippen LogP contribution in [0.2, 0.25) is 5.02 Å². The van der Waals surface area contributed by atoms with Crippen molar-refractivity contribution in [2.24, 2.45) is 7.05 Å². The van der Waals surface area contributed by atoms with Crippen molar-refractivity contribution < 1.29 is 0 Å². The van der Waals surface area contributed by atoms with Crippen LogP contribution in [0.25, 0.3) is 0 Å². The summed E-state index contributed by atoms with van der Waals surface area (Å²) in [4.78, 5) is 0. The van der Waals surface area contributed by atoms with Gasteiger partial charge in [0.25, 0.3) is 0 Å². The van der Waals surface area contributed by atoms with Crippen molar-refractivity contribution in [2.75, 3.05) is 13.1 Å². The van der Waals surface area contributed by atoms with Gasteiger partial charge in [-0.05, 0) is 25.9 Å². The summed E-state index contributed by atoms with van der Waals surface area (Å²) >= 11 is 6.07. The van der Waals surface area contributed by atoms with Gasteiger partial charge in [-0.3, -0.25) is 4.68 Å². The van der Waals surface area contributed by atoms with E-state index in [-0.39, 0.29) is 0 Å². The number of aryl methyl sites for hydroxylation is 1. The minimum absolute atomic E-state index is 0.584. The van der Waals surface area contributed by atoms with E-state index >= 15 is 0 Å². The van der Waals surface area contributed by atoms with Crippen LogP contribution < -0.4 is 5.32 Å². The van der Waals surface area contributed by atoms with Crippen molar-refractivity contribution in [3.8, 4) is 0 Å². The molecule has 0 unspecified atom stereocenters. The van der Waals surface area contributed by atoms with Gasteiger partial charge in [0.2, 0.25) is 0 Å². The Labute approximate surface area is 83.1 Å². The molecule has 1 aromatic heterocycles. The first-order chi connectivity index (χ1) is 6.29. The molecule has 0 aliphatic carbocycles. The maximum absolute atomic E-state index is 6.07. The molecule has 4 heteroatoms. The number of hydrogen-bond acceptors (Lipinski definition) is 2. The van der Waals surface area contributed by atoms with Crippen molar-refractivity contribution in [1.29, 1.82) is 0 Å². The molecule has 2 heterocycles. The quantitative estimate of drug-likeness (QED) is 0.744. The summed E-state index contributed by atoms with van der Waals surface area (Å²) in [6, 6.07) is 0. The molecule has 1 fully saturated rings. The molecule has 0 amide bonds. The van der Waals surface area contributed by atoms with Crippen LogP contribution in [0, 0.1) is 0 Å². The molecule has 0 bridgehead atoms. The minimum Gasteiger partial charge on any atom is -0.317 e. The Kier molecular flexibility index (Phi) is 2.56. The molecule has 13 heavy (non-hydrogen) atoms. The number of halogens is 1. The third-order valence-electron chi connectivity index (χ3n) is 2.66. The van der Waals surface area contributed by atoms with E-state index in [2.05, 4.69) is 10.4 Å². The van der Waals surface area contributed by atoms with E-state index in [1.165, 1.54) is 18.5 Å². The van der Waals surface area contributed by atoms with Crippen molar-refractivity contribution in [3.63, 3.8) is 0 Å². The molecule has 0 aromatic carbocycles. The standard InChI is InChI=1S/C9H14ClN3/c1-13-9(8(10)6-12-13)7-2-4-11-5-3-7/h6-7,11H,2-5H2,1H3. The molecule has 1 saturated heterocycles. The fourth-order valence-corrected chi connectivity index (χ4v) is 2.30. The van der Waals surface area contributed by atoms with Crippen LogP contribution in [0.4, 0.5) is 0 Å². The predicted octanol–water partition coefficient (Wildman–Crippen LogP) is 1.54. The second-order valence-electron chi connectivity index (χ2n) is 3.53. The SMILES string of the molecule is Cn1ncc(Cl)c1C1CCNCC1. The van der Waals surface area contributed by atoms with Crippen LogP contribution in [0.3, 0.4) is 0 Å². The van der Waals surface area contributed by atoms with Gasteiger partial charge in [-0.1, -0.05) is 11.6 Å². The molecule has 1 aliphatic heterocycles. The van der Waals surface area contributed by atoms with Gasteiger partial charge in [0, 0.05) is 13.0 Å². The molecule has 0 atom stereocenters. The van der Waals surface area contributed by atoms with E-state index in [4.69, 9.17) is 11.6 Å². The van der Waals surface area contributed by atoms with Gasteiger partial charge in [-0.15, -0.1) is 0 Å². The largest absolute Gasteiger partial charge is 0.317 e. The van der Waals surface area contributed by atoms with Gasteiger partial charge in [0.1, 0.15) is 0 Å². The summed E-state index contributed by atoms with van der Waals surface area (Å²) < 4.78 is 1.90. The Balaban J connectivity index is 2.22. The number of piperidine rings is 1. The van der Waals surface area contributed by atoms with Crippen LogP contribution in [0.5, 0.6) is 0 Å². The van der Waals surface area contributed by atoms with E-state index in [1.807, 2.05) is 11.7 Å². The zero-order chi connectivity index (χ0) is 9.26. The first-order valence-electron chi connectivity index (χ1n) is 4.67. The number of hydrogen-bond donors (Lipinski definition) is 1. The molecule has 1 N–H and O–H groups in total. The van der Waals surface area contributed by atoms with Crippen LogP contribution in [0.1, 0.15) is 24.5 Å². The third-order valence-corrected chi connectivity index (χ3v) is 2.95. The lowest BCUT2D eigenvalue weighted by atomic mass is 9.94. The minimum atomic E-state index is 0.584. The van der Waals surface area contributed by atoms with Gasteiger partial charge in [-0.2, -0.15) is 5.10 Å². The number of rotatable bonds is 1. The van der Waals surface area contributed by atoms with Crippen LogP contribution in [0.15, 0.2) is 6.20 Å². The fraction of sp³-hybridized carbons (Fsp3) is 0.667. The van der Waals surface area contributed by atoms with Crippen molar-refractivity contribution in [1.82, 2.24) is 15.1 Å². The van der Waals surface area contributed by atoms with E-state index < -0.39 is 0 Å². The molecular weight excluding hydrogens is 186 g/mol. The lowest BCUT2D eigenvalue weighted by molar-refractivity contribution is 0.440. The highest BCUT2D eigenvalue weighted by Crippen LogP contribution is 2.29. The van der Waals surface area contributed by atoms with Crippen LogP contribution >= 0.6 is 11.6 Å². The van der Waals surface area contributed by atoms with E-state index in [0.717, 1.165) is 18.1 Å². The summed E-state index contributed by atoms with van der Waals surface area (Å²) in [6.07, 6.45) is 4.07. The molecule has 0 saturated carbocycles. The summed E-state index contributed by atoms with van der Waals surface area (Å²) in [7, 11) is 1.96. The molecule has 72 valence electrons. The normalized spacial score (nSPS) is 19.2. The Hall–Kier alpha value is -0.540. The Morgan fingerprint density at radius 2 is 2.23 bits per heavy atom. The molecule has 2 rings (SSSR count). The van der Waals surface area contributed by atoms with E-state index in [0.29, 0.717) is 5.92 Å². The summed E-state index contributed by atoms with van der Waals surface area (Å²) in [5, 5.41) is 8.31. The van der Waals surface area contributed by atoms with Gasteiger partial charge < -0.3 is 5.32 Å². The third kappa shape index (κ3) is 1.71. The Morgan fingerprint density at radius 3 is 2.77 bits per heavy atom. The molecule has 1 aromatic rings. The van der Waals surface area contributed by atoms with Gasteiger partial charge in [0.15, 0.2) is 0 Å². The smallest absolute Gasteiger partial charge is 0.0820 e. The van der Waals surface area contributed by atoms with E-state index in [1.54, 1.807) is 6.20 Å². The summed E-state index contributed by atoms with van der Waals surface area (Å²) in [6.45, 7) is 2.18. The molecule has 0 spiro atoms. The highest BCUT2D eigenvalue weighted by molar-refractivity contribution is 6.31. The Morgan fingerprint density at radius 1 is 1.54 bits per heavy atom.